The first-order valence-electron chi connectivity index (χ1n) is 7.63. The molecule has 0 fully saturated rings. The minimum Gasteiger partial charge on any atom is -0.481 e. The zero-order chi connectivity index (χ0) is 16.4. The molecule has 0 aromatic heterocycles. The smallest absolute Gasteiger partial charge is 0.324 e. The van der Waals surface area contributed by atoms with Crippen LogP contribution in [-0.2, 0) is 9.59 Å². The van der Waals surface area contributed by atoms with E-state index >= 15 is 0 Å². The highest BCUT2D eigenvalue weighted by atomic mass is 16.4. The number of urea groups is 1. The Balaban J connectivity index is 4.51. The number of nitrogens with one attached hydrogen (secondary N) is 1. The molecule has 6 nitrogen and oxygen atoms in total. The molecule has 0 saturated heterocycles. The normalized spacial score (nSPS) is 10.8. The molecule has 122 valence electrons. The van der Waals surface area contributed by atoms with E-state index < -0.39 is 11.9 Å². The highest BCUT2D eigenvalue weighted by Gasteiger charge is 2.23. The van der Waals surface area contributed by atoms with E-state index in [2.05, 4.69) is 5.32 Å². The van der Waals surface area contributed by atoms with Crippen LogP contribution >= 0.6 is 0 Å². The molecule has 0 heterocycles. The Bertz CT molecular complexity index is 352. The van der Waals surface area contributed by atoms with Crippen molar-refractivity contribution in [2.45, 2.75) is 65.8 Å². The standard InChI is InChI=1S/C15H28N2O4/c1-5-12(6-2)17(10-11(3)4)15(21)16-13(18)8-7-9-14(19)20/h11-12H,5-10H2,1-4H3,(H,19,20)(H,16,18,21). The first-order chi connectivity index (χ1) is 9.81. The fourth-order valence-corrected chi connectivity index (χ4v) is 2.17. The molecule has 0 spiro atoms. The molecule has 3 amide bonds. The summed E-state index contributed by atoms with van der Waals surface area (Å²) in [7, 11) is 0. The van der Waals surface area contributed by atoms with Crippen molar-refractivity contribution in [3.8, 4) is 0 Å². The van der Waals surface area contributed by atoms with Gasteiger partial charge >= 0.3 is 12.0 Å². The van der Waals surface area contributed by atoms with Crippen LogP contribution in [0.4, 0.5) is 4.79 Å². The van der Waals surface area contributed by atoms with Crippen LogP contribution in [0.2, 0.25) is 0 Å². The number of rotatable bonds is 9. The fourth-order valence-electron chi connectivity index (χ4n) is 2.17. The second-order valence-corrected chi connectivity index (χ2v) is 5.62. The van der Waals surface area contributed by atoms with Gasteiger partial charge in [0, 0.05) is 25.4 Å². The first-order valence-corrected chi connectivity index (χ1v) is 7.63. The molecule has 0 unspecified atom stereocenters. The number of amides is 3. The van der Waals surface area contributed by atoms with E-state index in [1.807, 2.05) is 27.7 Å². The van der Waals surface area contributed by atoms with Gasteiger partial charge in [-0.3, -0.25) is 14.9 Å². The molecular weight excluding hydrogens is 272 g/mol. The number of carboxylic acids is 1. The number of hydrogen-bond acceptors (Lipinski definition) is 3. The number of carbonyl (C=O) groups excluding carboxylic acids is 2. The lowest BCUT2D eigenvalue weighted by molar-refractivity contribution is -0.137. The largest absolute Gasteiger partial charge is 0.481 e. The van der Waals surface area contributed by atoms with Crippen LogP contribution in [0.25, 0.3) is 0 Å². The zero-order valence-electron chi connectivity index (χ0n) is 13.5. The summed E-state index contributed by atoms with van der Waals surface area (Å²) in [6, 6.07) is -0.267. The van der Waals surface area contributed by atoms with Gasteiger partial charge in [-0.05, 0) is 25.2 Å². The van der Waals surface area contributed by atoms with E-state index in [0.29, 0.717) is 12.5 Å². The fraction of sp³-hybridized carbons (Fsp3) is 0.800. The van der Waals surface area contributed by atoms with E-state index in [0.717, 1.165) is 12.8 Å². The van der Waals surface area contributed by atoms with Crippen LogP contribution in [0.5, 0.6) is 0 Å². The van der Waals surface area contributed by atoms with Crippen molar-refractivity contribution in [3.63, 3.8) is 0 Å². The Hall–Kier alpha value is -1.59. The lowest BCUT2D eigenvalue weighted by atomic mass is 10.1. The zero-order valence-corrected chi connectivity index (χ0v) is 13.5. The third-order valence-corrected chi connectivity index (χ3v) is 3.25. The molecule has 6 heteroatoms. The van der Waals surface area contributed by atoms with E-state index in [1.54, 1.807) is 4.90 Å². The molecule has 0 aliphatic heterocycles. The van der Waals surface area contributed by atoms with Crippen molar-refractivity contribution in [2.24, 2.45) is 5.92 Å². The molecule has 0 atom stereocenters. The topological polar surface area (TPSA) is 86.7 Å². The lowest BCUT2D eigenvalue weighted by Gasteiger charge is -2.31. The second kappa shape index (κ2) is 10.2. The van der Waals surface area contributed by atoms with Gasteiger partial charge in [-0.2, -0.15) is 0 Å². The van der Waals surface area contributed by atoms with Crippen molar-refractivity contribution in [1.29, 1.82) is 0 Å². The van der Waals surface area contributed by atoms with Gasteiger partial charge in [0.15, 0.2) is 0 Å². The van der Waals surface area contributed by atoms with Crippen molar-refractivity contribution < 1.29 is 19.5 Å². The highest BCUT2D eigenvalue weighted by molar-refractivity contribution is 5.94. The van der Waals surface area contributed by atoms with Crippen LogP contribution < -0.4 is 5.32 Å². The third-order valence-electron chi connectivity index (χ3n) is 3.25. The molecule has 0 bridgehead atoms. The predicted octanol–water partition coefficient (Wildman–Crippen LogP) is 2.62. The molecule has 0 aromatic carbocycles. The Kier molecular flexibility index (Phi) is 9.41. The van der Waals surface area contributed by atoms with E-state index in [4.69, 9.17) is 5.11 Å². The second-order valence-electron chi connectivity index (χ2n) is 5.62. The minimum atomic E-state index is -0.937. The van der Waals surface area contributed by atoms with Crippen LogP contribution in [-0.4, -0.2) is 40.5 Å². The van der Waals surface area contributed by atoms with E-state index in [-0.39, 0.29) is 31.3 Å². The molecule has 0 aliphatic rings. The summed E-state index contributed by atoms with van der Waals surface area (Å²) in [6.45, 7) is 8.68. The molecular formula is C15H28N2O4. The van der Waals surface area contributed by atoms with Crippen LogP contribution in [0, 0.1) is 5.92 Å². The molecule has 0 aliphatic carbocycles. The predicted molar refractivity (Wildman–Crippen MR) is 80.9 cm³/mol. The first kappa shape index (κ1) is 19.4. The SMILES string of the molecule is CCC(CC)N(CC(C)C)C(=O)NC(=O)CCCC(=O)O. The van der Waals surface area contributed by atoms with Crippen LogP contribution in [0.1, 0.15) is 59.8 Å². The number of imide groups is 1. The highest BCUT2D eigenvalue weighted by Crippen LogP contribution is 2.12. The summed E-state index contributed by atoms with van der Waals surface area (Å²) in [5.74, 6) is -1.04. The van der Waals surface area contributed by atoms with E-state index in [1.165, 1.54) is 0 Å². The summed E-state index contributed by atoms with van der Waals surface area (Å²) in [5.41, 5.74) is 0. The Morgan fingerprint density at radius 2 is 1.67 bits per heavy atom. The number of aliphatic carboxylic acids is 1. The molecule has 0 radical (unpaired) electrons. The van der Waals surface area contributed by atoms with E-state index in [9.17, 15) is 14.4 Å². The number of nitrogens with zero attached hydrogens (tertiary/aromatic N) is 1. The molecule has 0 saturated carbocycles. The van der Waals surface area contributed by atoms with Gasteiger partial charge in [-0.1, -0.05) is 27.7 Å². The monoisotopic (exact) mass is 300 g/mol. The van der Waals surface area contributed by atoms with Gasteiger partial charge in [0.1, 0.15) is 0 Å². The summed E-state index contributed by atoms with van der Waals surface area (Å²) >= 11 is 0. The molecule has 2 N–H and O–H groups in total. The van der Waals surface area contributed by atoms with Crippen molar-refractivity contribution >= 4 is 17.9 Å². The minimum absolute atomic E-state index is 0.0521. The summed E-state index contributed by atoms with van der Waals surface area (Å²) in [6.07, 6.45) is 1.90. The molecule has 21 heavy (non-hydrogen) atoms. The van der Waals surface area contributed by atoms with Gasteiger partial charge in [-0.15, -0.1) is 0 Å². The number of hydrogen-bond donors (Lipinski definition) is 2. The maximum absolute atomic E-state index is 12.2. The number of carbonyl (C=O) groups is 3. The van der Waals surface area contributed by atoms with Crippen LogP contribution in [0.3, 0.4) is 0 Å². The van der Waals surface area contributed by atoms with Crippen molar-refractivity contribution in [2.75, 3.05) is 6.54 Å². The molecule has 0 aromatic rings. The third kappa shape index (κ3) is 8.32. The lowest BCUT2D eigenvalue weighted by Crippen LogP contribution is -2.49. The van der Waals surface area contributed by atoms with Crippen LogP contribution in [0.15, 0.2) is 0 Å². The van der Waals surface area contributed by atoms with Gasteiger partial charge in [0.05, 0.1) is 0 Å². The summed E-state index contributed by atoms with van der Waals surface area (Å²) in [5, 5.41) is 10.9. The Morgan fingerprint density at radius 1 is 1.10 bits per heavy atom. The molecule has 0 rings (SSSR count). The van der Waals surface area contributed by atoms with Gasteiger partial charge < -0.3 is 10.0 Å². The maximum atomic E-state index is 12.2. The maximum Gasteiger partial charge on any atom is 0.324 e. The van der Waals surface area contributed by atoms with Crippen molar-refractivity contribution in [1.82, 2.24) is 10.2 Å². The van der Waals surface area contributed by atoms with Gasteiger partial charge in [-0.25, -0.2) is 4.79 Å². The Morgan fingerprint density at radius 3 is 2.10 bits per heavy atom. The van der Waals surface area contributed by atoms with Gasteiger partial charge in [0.25, 0.3) is 0 Å². The number of carboxylic acid groups (broad SMARTS) is 1. The average molecular weight is 300 g/mol. The summed E-state index contributed by atoms with van der Waals surface area (Å²) < 4.78 is 0. The summed E-state index contributed by atoms with van der Waals surface area (Å²) in [4.78, 5) is 36.0. The van der Waals surface area contributed by atoms with Crippen molar-refractivity contribution in [3.05, 3.63) is 0 Å². The average Bonchev–Trinajstić information content (AvgIpc) is 2.37. The Labute approximate surface area is 126 Å². The quantitative estimate of drug-likeness (QED) is 0.685. The van der Waals surface area contributed by atoms with Gasteiger partial charge in [0.2, 0.25) is 5.91 Å².